The fourth-order valence-electron chi connectivity index (χ4n) is 0.901. The molecule has 11 heavy (non-hydrogen) atoms. The van der Waals surface area contributed by atoms with Crippen LogP contribution < -0.4 is 5.32 Å². The van der Waals surface area contributed by atoms with Crippen LogP contribution in [0.1, 0.15) is 5.56 Å². The van der Waals surface area contributed by atoms with Crippen LogP contribution in [0.15, 0.2) is 18.2 Å². The predicted octanol–water partition coefficient (Wildman–Crippen LogP) is 1.90. The van der Waals surface area contributed by atoms with E-state index >= 15 is 0 Å². The minimum atomic E-state index is -0.638. The summed E-state index contributed by atoms with van der Waals surface area (Å²) in [5.74, 6) is -0.00231. The van der Waals surface area contributed by atoms with E-state index in [-0.39, 0.29) is 5.75 Å². The van der Waals surface area contributed by atoms with E-state index in [1.807, 2.05) is 0 Å². The number of alkyl halides is 1. The van der Waals surface area contributed by atoms with Crippen molar-refractivity contribution in [2.75, 3.05) is 12.4 Å². The van der Waals surface area contributed by atoms with Gasteiger partial charge in [0.2, 0.25) is 0 Å². The molecule has 0 bridgehead atoms. The third-order valence-electron chi connectivity index (χ3n) is 1.53. The lowest BCUT2D eigenvalue weighted by molar-refractivity contribution is 0.434. The van der Waals surface area contributed by atoms with Gasteiger partial charge in [0, 0.05) is 12.6 Å². The van der Waals surface area contributed by atoms with Crippen LogP contribution in [-0.4, -0.2) is 12.2 Å². The molecule has 0 aliphatic heterocycles. The van der Waals surface area contributed by atoms with Crippen molar-refractivity contribution < 1.29 is 9.50 Å². The van der Waals surface area contributed by atoms with E-state index in [0.29, 0.717) is 11.3 Å². The maximum Gasteiger partial charge on any atom is 0.144 e. The van der Waals surface area contributed by atoms with Gasteiger partial charge in [0.05, 0.1) is 5.69 Å². The highest BCUT2D eigenvalue weighted by Gasteiger charge is 2.03. The van der Waals surface area contributed by atoms with Gasteiger partial charge in [-0.2, -0.15) is 0 Å². The highest BCUT2D eigenvalue weighted by molar-refractivity contribution is 5.58. The molecule has 0 aliphatic rings. The zero-order chi connectivity index (χ0) is 8.27. The lowest BCUT2D eigenvalue weighted by Crippen LogP contribution is -1.90. The second kappa shape index (κ2) is 3.23. The molecule has 0 spiro atoms. The summed E-state index contributed by atoms with van der Waals surface area (Å²) in [7, 11) is 1.68. The third kappa shape index (κ3) is 1.42. The predicted molar refractivity (Wildman–Crippen MR) is 42.5 cm³/mol. The van der Waals surface area contributed by atoms with Crippen molar-refractivity contribution in [3.63, 3.8) is 0 Å². The number of nitrogens with one attached hydrogen (secondary N) is 1. The van der Waals surface area contributed by atoms with Gasteiger partial charge in [-0.15, -0.1) is 0 Å². The molecule has 2 N–H and O–H groups in total. The van der Waals surface area contributed by atoms with Crippen molar-refractivity contribution in [3.8, 4) is 5.75 Å². The van der Waals surface area contributed by atoms with Crippen LogP contribution in [0.25, 0.3) is 0 Å². The smallest absolute Gasteiger partial charge is 0.144 e. The largest absolute Gasteiger partial charge is 0.505 e. The normalized spacial score (nSPS) is 9.64. The van der Waals surface area contributed by atoms with E-state index in [9.17, 15) is 9.50 Å². The first-order chi connectivity index (χ1) is 5.29. The van der Waals surface area contributed by atoms with E-state index in [2.05, 4.69) is 5.32 Å². The van der Waals surface area contributed by atoms with Gasteiger partial charge in [-0.25, -0.2) is 4.39 Å². The molecule has 0 saturated heterocycles. The molecule has 0 aromatic heterocycles. The van der Waals surface area contributed by atoms with E-state index in [0.717, 1.165) is 0 Å². The minimum Gasteiger partial charge on any atom is -0.505 e. The van der Waals surface area contributed by atoms with Crippen LogP contribution in [0, 0.1) is 0 Å². The van der Waals surface area contributed by atoms with E-state index in [4.69, 9.17) is 0 Å². The summed E-state index contributed by atoms with van der Waals surface area (Å²) in [4.78, 5) is 0. The molecule has 0 heterocycles. The number of anilines is 1. The van der Waals surface area contributed by atoms with Crippen molar-refractivity contribution in [1.29, 1.82) is 0 Å². The zero-order valence-electron chi connectivity index (χ0n) is 6.26. The van der Waals surface area contributed by atoms with Crippen molar-refractivity contribution >= 4 is 5.69 Å². The molecule has 0 amide bonds. The van der Waals surface area contributed by atoms with Crippen molar-refractivity contribution in [2.24, 2.45) is 0 Å². The summed E-state index contributed by atoms with van der Waals surface area (Å²) >= 11 is 0. The summed E-state index contributed by atoms with van der Waals surface area (Å²) in [6.07, 6.45) is 0. The van der Waals surface area contributed by atoms with Gasteiger partial charge >= 0.3 is 0 Å². The number of halogens is 1. The van der Waals surface area contributed by atoms with Gasteiger partial charge < -0.3 is 10.4 Å². The molecule has 2 nitrogen and oxygen atoms in total. The van der Waals surface area contributed by atoms with Gasteiger partial charge in [-0.05, 0) is 6.07 Å². The number of hydrogen-bond donors (Lipinski definition) is 2. The van der Waals surface area contributed by atoms with Crippen LogP contribution in [-0.2, 0) is 6.67 Å². The lowest BCUT2D eigenvalue weighted by atomic mass is 10.2. The molecule has 0 aliphatic carbocycles. The standard InChI is InChI=1S/C8H10FNO/c1-10-7-4-2-3-6(5-9)8(7)11/h2-4,10-11H,5H2,1H3. The second-order valence-corrected chi connectivity index (χ2v) is 2.20. The number of aromatic hydroxyl groups is 1. The lowest BCUT2D eigenvalue weighted by Gasteiger charge is -2.05. The minimum absolute atomic E-state index is 0.00231. The Labute approximate surface area is 64.7 Å². The van der Waals surface area contributed by atoms with Gasteiger partial charge in [-0.3, -0.25) is 0 Å². The van der Waals surface area contributed by atoms with Gasteiger partial charge in [-0.1, -0.05) is 12.1 Å². The molecule has 0 saturated carbocycles. The maximum absolute atomic E-state index is 12.1. The molecular formula is C8H10FNO. The molecule has 1 rings (SSSR count). The Bertz CT molecular complexity index is 228. The Balaban J connectivity index is 3.10. The Morgan fingerprint density at radius 1 is 1.55 bits per heavy atom. The molecular weight excluding hydrogens is 145 g/mol. The van der Waals surface area contributed by atoms with Crippen LogP contribution in [0.4, 0.5) is 10.1 Å². The Kier molecular flexibility index (Phi) is 2.31. The molecule has 3 heteroatoms. The summed E-state index contributed by atoms with van der Waals surface area (Å²) in [5.41, 5.74) is 0.872. The number of hydrogen-bond acceptors (Lipinski definition) is 2. The first-order valence-corrected chi connectivity index (χ1v) is 3.34. The van der Waals surface area contributed by atoms with E-state index < -0.39 is 6.67 Å². The number of phenolic OH excluding ortho intramolecular Hbond substituents is 1. The summed E-state index contributed by atoms with van der Waals surface area (Å²) < 4.78 is 12.1. The number of rotatable bonds is 2. The number of phenols is 1. The molecule has 0 radical (unpaired) electrons. The first-order valence-electron chi connectivity index (χ1n) is 3.34. The Morgan fingerprint density at radius 3 is 2.82 bits per heavy atom. The molecule has 1 aromatic rings. The average molecular weight is 155 g/mol. The zero-order valence-corrected chi connectivity index (χ0v) is 6.26. The van der Waals surface area contributed by atoms with Crippen molar-refractivity contribution in [3.05, 3.63) is 23.8 Å². The highest BCUT2D eigenvalue weighted by atomic mass is 19.1. The first kappa shape index (κ1) is 7.85. The van der Waals surface area contributed by atoms with E-state index in [1.54, 1.807) is 25.2 Å². The molecule has 60 valence electrons. The third-order valence-corrected chi connectivity index (χ3v) is 1.53. The van der Waals surface area contributed by atoms with Crippen LogP contribution in [0.3, 0.4) is 0 Å². The quantitative estimate of drug-likeness (QED) is 0.639. The van der Waals surface area contributed by atoms with Crippen LogP contribution in [0.2, 0.25) is 0 Å². The summed E-state index contributed by atoms with van der Waals surface area (Å²) in [6.45, 7) is -0.638. The van der Waals surface area contributed by atoms with Gasteiger partial charge in [0.15, 0.2) is 0 Å². The topological polar surface area (TPSA) is 32.3 Å². The fourth-order valence-corrected chi connectivity index (χ4v) is 0.901. The van der Waals surface area contributed by atoms with Crippen LogP contribution >= 0.6 is 0 Å². The van der Waals surface area contributed by atoms with Crippen LogP contribution in [0.5, 0.6) is 5.75 Å². The van der Waals surface area contributed by atoms with Gasteiger partial charge in [0.25, 0.3) is 0 Å². The Hall–Kier alpha value is -1.25. The fraction of sp³-hybridized carbons (Fsp3) is 0.250. The van der Waals surface area contributed by atoms with Gasteiger partial charge in [0.1, 0.15) is 12.4 Å². The maximum atomic E-state index is 12.1. The average Bonchev–Trinajstić information content (AvgIpc) is 2.05. The monoisotopic (exact) mass is 155 g/mol. The number of para-hydroxylation sites is 1. The SMILES string of the molecule is CNc1cccc(CF)c1O. The number of benzene rings is 1. The molecule has 1 aromatic carbocycles. The summed E-state index contributed by atoms with van der Waals surface area (Å²) in [5, 5.41) is 12.0. The molecule has 0 unspecified atom stereocenters. The Morgan fingerprint density at radius 2 is 2.27 bits per heavy atom. The highest BCUT2D eigenvalue weighted by Crippen LogP contribution is 2.27. The summed E-state index contributed by atoms with van der Waals surface area (Å²) in [6, 6.07) is 4.94. The van der Waals surface area contributed by atoms with E-state index in [1.165, 1.54) is 0 Å². The second-order valence-electron chi connectivity index (χ2n) is 2.20. The molecule has 0 fully saturated rings. The van der Waals surface area contributed by atoms with Crippen molar-refractivity contribution in [2.45, 2.75) is 6.67 Å². The molecule has 0 atom stereocenters. The van der Waals surface area contributed by atoms with Crippen molar-refractivity contribution in [1.82, 2.24) is 0 Å².